The Labute approximate surface area is 136 Å². The molecule has 120 valence electrons. The number of aryl methyl sites for hydroxylation is 1. The molecule has 2 aromatic rings. The molecule has 0 radical (unpaired) electrons. The molecule has 1 aromatic heterocycles. The largest absolute Gasteiger partial charge is 0.334 e. The van der Waals surface area contributed by atoms with E-state index >= 15 is 0 Å². The summed E-state index contributed by atoms with van der Waals surface area (Å²) < 4.78 is 2.00. The van der Waals surface area contributed by atoms with Crippen LogP contribution in [0.2, 0.25) is 0 Å². The summed E-state index contributed by atoms with van der Waals surface area (Å²) in [5, 5.41) is 0. The zero-order valence-corrected chi connectivity index (χ0v) is 13.7. The minimum Gasteiger partial charge on any atom is -0.334 e. The first-order valence-electron chi connectivity index (χ1n) is 8.87. The summed E-state index contributed by atoms with van der Waals surface area (Å²) in [5.41, 5.74) is 3.24. The quantitative estimate of drug-likeness (QED) is 0.818. The number of imidazole rings is 1. The van der Waals surface area contributed by atoms with Crippen LogP contribution in [0, 0.1) is 11.8 Å². The van der Waals surface area contributed by atoms with Crippen molar-refractivity contribution in [2.45, 2.75) is 37.6 Å². The third kappa shape index (κ3) is 1.94. The Balaban J connectivity index is 1.42. The van der Waals surface area contributed by atoms with Crippen molar-refractivity contribution in [2.24, 2.45) is 18.9 Å². The number of hydrogen-bond donors (Lipinski definition) is 0. The number of Topliss-reactive ketones (excluding diaryl/α,β-unsaturated/α-hetero) is 1. The van der Waals surface area contributed by atoms with Gasteiger partial charge in [0, 0.05) is 24.6 Å². The Bertz CT molecular complexity index is 781. The summed E-state index contributed by atoms with van der Waals surface area (Å²) in [4.78, 5) is 20.0. The van der Waals surface area contributed by atoms with Crippen LogP contribution in [0.1, 0.15) is 42.5 Å². The van der Waals surface area contributed by atoms with Gasteiger partial charge in [-0.25, -0.2) is 4.98 Å². The lowest BCUT2D eigenvalue weighted by Crippen LogP contribution is -2.57. The predicted octanol–water partition coefficient (Wildman–Crippen LogP) is 3.02. The molecule has 1 saturated carbocycles. The number of aromatic nitrogens is 2. The van der Waals surface area contributed by atoms with Gasteiger partial charge in [-0.2, -0.15) is 0 Å². The molecule has 1 atom stereocenters. The maximum absolute atomic E-state index is 12.9. The van der Waals surface area contributed by atoms with E-state index in [1.54, 1.807) is 0 Å². The Morgan fingerprint density at radius 2 is 2.09 bits per heavy atom. The molecule has 2 bridgehead atoms. The number of fused-ring (bicyclic) bond motifs is 3. The topological polar surface area (TPSA) is 38.1 Å². The fourth-order valence-electron chi connectivity index (χ4n) is 5.22. The van der Waals surface area contributed by atoms with Crippen LogP contribution < -0.4 is 0 Å². The lowest BCUT2D eigenvalue weighted by molar-refractivity contribution is -0.0274. The molecule has 6 rings (SSSR count). The molecule has 4 fully saturated rings. The van der Waals surface area contributed by atoms with E-state index in [9.17, 15) is 4.79 Å². The maximum Gasteiger partial charge on any atom is 0.163 e. The molecule has 0 N–H and O–H groups in total. The van der Waals surface area contributed by atoms with E-state index in [2.05, 4.69) is 9.88 Å². The summed E-state index contributed by atoms with van der Waals surface area (Å²) in [5.74, 6) is 1.66. The Hall–Kier alpha value is -1.68. The summed E-state index contributed by atoms with van der Waals surface area (Å²) in [6, 6.07) is 5.98. The minimum atomic E-state index is 0.308. The average Bonchev–Trinajstić information content (AvgIpc) is 3.28. The first-order chi connectivity index (χ1) is 11.2. The van der Waals surface area contributed by atoms with Crippen molar-refractivity contribution in [2.75, 3.05) is 13.1 Å². The Kier molecular flexibility index (Phi) is 2.79. The van der Waals surface area contributed by atoms with Gasteiger partial charge in [0.1, 0.15) is 0 Å². The molecule has 4 aliphatic rings. The van der Waals surface area contributed by atoms with Crippen molar-refractivity contribution >= 4 is 16.8 Å². The molecule has 23 heavy (non-hydrogen) atoms. The van der Waals surface area contributed by atoms with Crippen molar-refractivity contribution in [1.29, 1.82) is 0 Å². The Morgan fingerprint density at radius 3 is 2.83 bits per heavy atom. The van der Waals surface area contributed by atoms with Gasteiger partial charge in [0.15, 0.2) is 5.78 Å². The van der Waals surface area contributed by atoms with Crippen molar-refractivity contribution in [3.05, 3.63) is 30.1 Å². The summed E-state index contributed by atoms with van der Waals surface area (Å²) in [6.45, 7) is 2.52. The highest BCUT2D eigenvalue weighted by atomic mass is 16.1. The predicted molar refractivity (Wildman–Crippen MR) is 89.4 cm³/mol. The highest BCUT2D eigenvalue weighted by molar-refractivity contribution is 5.99. The van der Waals surface area contributed by atoms with E-state index < -0.39 is 0 Å². The smallest absolute Gasteiger partial charge is 0.163 e. The SMILES string of the molecule is Cn1cnc2cc(C(=O)C[C@@H]3C4CCN(CC4)C34CC4)ccc21. The van der Waals surface area contributed by atoms with Gasteiger partial charge >= 0.3 is 0 Å². The van der Waals surface area contributed by atoms with Gasteiger partial charge in [0.2, 0.25) is 0 Å². The molecule has 3 saturated heterocycles. The van der Waals surface area contributed by atoms with Crippen LogP contribution >= 0.6 is 0 Å². The molecule has 1 spiro atoms. The third-order valence-electron chi connectivity index (χ3n) is 6.64. The maximum atomic E-state index is 12.9. The van der Waals surface area contributed by atoms with Gasteiger partial charge in [-0.05, 0) is 68.8 Å². The number of carbonyl (C=O) groups excluding carboxylic acids is 1. The lowest BCUT2D eigenvalue weighted by atomic mass is 9.69. The number of hydrogen-bond acceptors (Lipinski definition) is 3. The normalized spacial score (nSPS) is 30.9. The van der Waals surface area contributed by atoms with E-state index in [-0.39, 0.29) is 0 Å². The second-order valence-electron chi connectivity index (χ2n) is 7.72. The van der Waals surface area contributed by atoms with Crippen molar-refractivity contribution in [1.82, 2.24) is 14.5 Å². The number of benzene rings is 1. The summed E-state index contributed by atoms with van der Waals surface area (Å²) in [7, 11) is 1.99. The van der Waals surface area contributed by atoms with Gasteiger partial charge in [-0.3, -0.25) is 9.69 Å². The number of ketones is 1. The van der Waals surface area contributed by atoms with E-state index in [1.165, 1.54) is 38.8 Å². The van der Waals surface area contributed by atoms with Crippen molar-refractivity contribution in [3.8, 4) is 0 Å². The van der Waals surface area contributed by atoms with Gasteiger partial charge < -0.3 is 4.57 Å². The highest BCUT2D eigenvalue weighted by Gasteiger charge is 2.60. The lowest BCUT2D eigenvalue weighted by Gasteiger charge is -2.52. The van der Waals surface area contributed by atoms with Gasteiger partial charge in [-0.1, -0.05) is 0 Å². The molecular weight excluding hydrogens is 286 g/mol. The van der Waals surface area contributed by atoms with Crippen LogP contribution in [0.5, 0.6) is 0 Å². The number of nitrogens with zero attached hydrogens (tertiary/aromatic N) is 3. The second-order valence-corrected chi connectivity index (χ2v) is 7.72. The van der Waals surface area contributed by atoms with Crippen LogP contribution in [0.3, 0.4) is 0 Å². The van der Waals surface area contributed by atoms with Gasteiger partial charge in [0.25, 0.3) is 0 Å². The fourth-order valence-corrected chi connectivity index (χ4v) is 5.22. The first-order valence-corrected chi connectivity index (χ1v) is 8.87. The van der Waals surface area contributed by atoms with Gasteiger partial charge in [0.05, 0.1) is 17.4 Å². The first kappa shape index (κ1) is 13.7. The summed E-state index contributed by atoms with van der Waals surface area (Å²) in [6.07, 6.45) is 7.73. The second kappa shape index (κ2) is 4.67. The summed E-state index contributed by atoms with van der Waals surface area (Å²) >= 11 is 0. The van der Waals surface area contributed by atoms with Crippen LogP contribution in [-0.4, -0.2) is 38.9 Å². The third-order valence-corrected chi connectivity index (χ3v) is 6.64. The fraction of sp³-hybridized carbons (Fsp3) is 0.579. The van der Waals surface area contributed by atoms with E-state index in [0.29, 0.717) is 17.2 Å². The van der Waals surface area contributed by atoms with Crippen molar-refractivity contribution in [3.63, 3.8) is 0 Å². The van der Waals surface area contributed by atoms with E-state index in [4.69, 9.17) is 0 Å². The van der Waals surface area contributed by atoms with E-state index in [1.807, 2.05) is 36.1 Å². The van der Waals surface area contributed by atoms with Crippen LogP contribution in [0.4, 0.5) is 0 Å². The molecule has 1 aromatic carbocycles. The molecule has 1 aliphatic carbocycles. The minimum absolute atomic E-state index is 0.308. The van der Waals surface area contributed by atoms with Gasteiger partial charge in [-0.15, -0.1) is 0 Å². The standard InChI is InChI=1S/C19H23N3O/c1-21-12-20-16-10-14(2-3-17(16)21)18(23)11-15-13-4-8-22(9-5-13)19(15)6-7-19/h2-3,10,12-13,15H,4-9,11H2,1H3/t15-/m1/s1. The molecule has 4 heterocycles. The Morgan fingerprint density at radius 1 is 1.30 bits per heavy atom. The molecule has 3 aliphatic heterocycles. The number of rotatable bonds is 3. The number of carbonyl (C=O) groups is 1. The highest BCUT2D eigenvalue weighted by Crippen LogP contribution is 2.58. The van der Waals surface area contributed by atoms with Crippen LogP contribution in [0.25, 0.3) is 11.0 Å². The molecule has 4 nitrogen and oxygen atoms in total. The zero-order valence-electron chi connectivity index (χ0n) is 13.7. The molecule has 0 amide bonds. The molecule has 0 unspecified atom stereocenters. The van der Waals surface area contributed by atoms with Crippen LogP contribution in [0.15, 0.2) is 24.5 Å². The number of piperidine rings is 3. The van der Waals surface area contributed by atoms with Crippen molar-refractivity contribution < 1.29 is 4.79 Å². The molecular formula is C19H23N3O. The van der Waals surface area contributed by atoms with E-state index in [0.717, 1.165) is 28.9 Å². The molecule has 4 heteroatoms. The monoisotopic (exact) mass is 309 g/mol. The zero-order chi connectivity index (χ0) is 15.6. The average molecular weight is 309 g/mol. The van der Waals surface area contributed by atoms with Crippen LogP contribution in [-0.2, 0) is 7.05 Å².